The van der Waals surface area contributed by atoms with Gasteiger partial charge in [0, 0.05) is 28.6 Å². The fourth-order valence-electron chi connectivity index (χ4n) is 2.77. The van der Waals surface area contributed by atoms with E-state index in [0.717, 1.165) is 5.56 Å². The lowest BCUT2D eigenvalue weighted by molar-refractivity contribution is -0.385. The monoisotopic (exact) mass is 389 g/mol. The minimum absolute atomic E-state index is 0.103. The molecule has 3 rings (SSSR count). The van der Waals surface area contributed by atoms with Gasteiger partial charge >= 0.3 is 0 Å². The first kappa shape index (κ1) is 19.8. The van der Waals surface area contributed by atoms with E-state index in [9.17, 15) is 19.7 Å². The zero-order valence-electron chi connectivity index (χ0n) is 15.7. The van der Waals surface area contributed by atoms with Crippen LogP contribution in [-0.4, -0.2) is 16.7 Å². The summed E-state index contributed by atoms with van der Waals surface area (Å²) < 4.78 is 0. The third-order valence-electron chi connectivity index (χ3n) is 4.30. The number of rotatable bonds is 6. The van der Waals surface area contributed by atoms with Crippen molar-refractivity contribution in [3.05, 3.63) is 99.6 Å². The average molecular weight is 389 g/mol. The van der Waals surface area contributed by atoms with Gasteiger partial charge in [0.25, 0.3) is 11.6 Å². The summed E-state index contributed by atoms with van der Waals surface area (Å²) in [6.07, 6.45) is 0.269. The van der Waals surface area contributed by atoms with Crippen LogP contribution in [0.25, 0.3) is 0 Å². The minimum atomic E-state index is -0.515. The molecule has 3 aromatic rings. The van der Waals surface area contributed by atoms with Crippen LogP contribution in [0.2, 0.25) is 0 Å². The van der Waals surface area contributed by atoms with Gasteiger partial charge in [-0.15, -0.1) is 0 Å². The van der Waals surface area contributed by atoms with Gasteiger partial charge < -0.3 is 10.6 Å². The first-order chi connectivity index (χ1) is 13.9. The van der Waals surface area contributed by atoms with Crippen LogP contribution in [0.15, 0.2) is 72.8 Å². The third-order valence-corrected chi connectivity index (χ3v) is 4.30. The molecule has 0 spiro atoms. The summed E-state index contributed by atoms with van der Waals surface area (Å²) in [5, 5.41) is 16.5. The summed E-state index contributed by atoms with van der Waals surface area (Å²) in [6, 6.07) is 20.4. The molecule has 0 aliphatic carbocycles. The average Bonchev–Trinajstić information content (AvgIpc) is 2.70. The van der Waals surface area contributed by atoms with Crippen molar-refractivity contribution in [2.45, 2.75) is 13.3 Å². The molecule has 0 saturated heterocycles. The smallest absolute Gasteiger partial charge is 0.273 e. The van der Waals surface area contributed by atoms with Crippen molar-refractivity contribution in [1.29, 1.82) is 0 Å². The Morgan fingerprint density at radius 1 is 0.897 bits per heavy atom. The van der Waals surface area contributed by atoms with Crippen LogP contribution in [0, 0.1) is 17.0 Å². The van der Waals surface area contributed by atoms with Gasteiger partial charge in [-0.3, -0.25) is 19.7 Å². The summed E-state index contributed by atoms with van der Waals surface area (Å²) in [6.45, 7) is 1.62. The van der Waals surface area contributed by atoms with Crippen LogP contribution < -0.4 is 10.6 Å². The fraction of sp³-hybridized carbons (Fsp3) is 0.0909. The van der Waals surface area contributed by atoms with Crippen molar-refractivity contribution in [2.75, 3.05) is 10.6 Å². The largest absolute Gasteiger partial charge is 0.326 e. The SMILES string of the molecule is Cc1ccc(C(=O)Nc2ccc(NC(=O)Cc3ccccc3)cc2)cc1[N+](=O)[O-]. The number of anilines is 2. The Morgan fingerprint density at radius 2 is 1.52 bits per heavy atom. The van der Waals surface area contributed by atoms with E-state index >= 15 is 0 Å². The number of benzene rings is 3. The maximum absolute atomic E-state index is 12.4. The predicted octanol–water partition coefficient (Wildman–Crippen LogP) is 4.34. The zero-order valence-corrected chi connectivity index (χ0v) is 15.7. The molecule has 0 radical (unpaired) electrons. The third kappa shape index (κ3) is 5.26. The van der Waals surface area contributed by atoms with Gasteiger partial charge in [0.1, 0.15) is 0 Å². The van der Waals surface area contributed by atoms with Gasteiger partial charge in [-0.1, -0.05) is 36.4 Å². The van der Waals surface area contributed by atoms with Gasteiger partial charge in [0.15, 0.2) is 0 Å². The normalized spacial score (nSPS) is 10.2. The van der Waals surface area contributed by atoms with E-state index in [1.165, 1.54) is 12.1 Å². The molecule has 7 heteroatoms. The second-order valence-corrected chi connectivity index (χ2v) is 6.50. The van der Waals surface area contributed by atoms with E-state index in [1.54, 1.807) is 37.3 Å². The molecule has 0 atom stereocenters. The molecule has 29 heavy (non-hydrogen) atoms. The highest BCUT2D eigenvalue weighted by molar-refractivity contribution is 6.05. The molecule has 2 amide bonds. The Morgan fingerprint density at radius 3 is 2.14 bits per heavy atom. The molecule has 7 nitrogen and oxygen atoms in total. The van der Waals surface area contributed by atoms with E-state index < -0.39 is 10.8 Å². The standard InChI is InChI=1S/C22H19N3O4/c1-15-7-8-17(14-20(15)25(28)29)22(27)24-19-11-9-18(10-12-19)23-21(26)13-16-5-3-2-4-6-16/h2-12,14H,13H2,1H3,(H,23,26)(H,24,27). The summed E-state index contributed by atoms with van der Waals surface area (Å²) >= 11 is 0. The maximum Gasteiger partial charge on any atom is 0.273 e. The highest BCUT2D eigenvalue weighted by atomic mass is 16.6. The molecule has 0 heterocycles. The predicted molar refractivity (Wildman–Crippen MR) is 111 cm³/mol. The second-order valence-electron chi connectivity index (χ2n) is 6.50. The fourth-order valence-corrected chi connectivity index (χ4v) is 2.77. The summed E-state index contributed by atoms with van der Waals surface area (Å²) in [5.74, 6) is -0.589. The molecule has 3 aromatic carbocycles. The number of carbonyl (C=O) groups is 2. The lowest BCUT2D eigenvalue weighted by atomic mass is 10.1. The van der Waals surface area contributed by atoms with E-state index in [4.69, 9.17) is 0 Å². The number of nitrogens with zero attached hydrogens (tertiary/aromatic N) is 1. The molecule has 0 aliphatic heterocycles. The number of aryl methyl sites for hydroxylation is 1. The topological polar surface area (TPSA) is 101 Å². The van der Waals surface area contributed by atoms with Crippen LogP contribution in [-0.2, 0) is 11.2 Å². The molecule has 0 saturated carbocycles. The van der Waals surface area contributed by atoms with E-state index in [1.807, 2.05) is 30.3 Å². The van der Waals surface area contributed by atoms with Crippen LogP contribution >= 0.6 is 0 Å². The Balaban J connectivity index is 1.61. The number of nitro groups is 1. The van der Waals surface area contributed by atoms with Gasteiger partial charge in [-0.2, -0.15) is 0 Å². The number of hydrogen-bond donors (Lipinski definition) is 2. The van der Waals surface area contributed by atoms with E-state index in [0.29, 0.717) is 16.9 Å². The number of nitrogens with one attached hydrogen (secondary N) is 2. The highest BCUT2D eigenvalue weighted by Gasteiger charge is 2.15. The number of hydrogen-bond acceptors (Lipinski definition) is 4. The molecule has 0 fully saturated rings. The molecule has 146 valence electrons. The van der Waals surface area contributed by atoms with Crippen LogP contribution in [0.1, 0.15) is 21.5 Å². The molecule has 0 aromatic heterocycles. The molecular weight excluding hydrogens is 370 g/mol. The quantitative estimate of drug-likeness (QED) is 0.484. The van der Waals surface area contributed by atoms with Crippen molar-refractivity contribution in [3.8, 4) is 0 Å². The molecule has 0 bridgehead atoms. The van der Waals surface area contributed by atoms with Crippen LogP contribution in [0.3, 0.4) is 0 Å². The van der Waals surface area contributed by atoms with Gasteiger partial charge in [0.2, 0.25) is 5.91 Å². The van der Waals surface area contributed by atoms with Crippen molar-refractivity contribution < 1.29 is 14.5 Å². The lowest BCUT2D eigenvalue weighted by Gasteiger charge is -2.09. The Kier molecular flexibility index (Phi) is 5.99. The summed E-state index contributed by atoms with van der Waals surface area (Å²) in [4.78, 5) is 35.0. The number of carbonyl (C=O) groups excluding carboxylic acids is 2. The summed E-state index contributed by atoms with van der Waals surface area (Å²) in [5.41, 5.74) is 2.62. The first-order valence-electron chi connectivity index (χ1n) is 8.92. The maximum atomic E-state index is 12.4. The van der Waals surface area contributed by atoms with Crippen molar-refractivity contribution in [1.82, 2.24) is 0 Å². The Labute approximate surface area is 167 Å². The van der Waals surface area contributed by atoms with Gasteiger partial charge in [-0.25, -0.2) is 0 Å². The number of amides is 2. The van der Waals surface area contributed by atoms with E-state index in [2.05, 4.69) is 10.6 Å². The van der Waals surface area contributed by atoms with E-state index in [-0.39, 0.29) is 23.6 Å². The molecule has 2 N–H and O–H groups in total. The molecule has 0 aliphatic rings. The highest BCUT2D eigenvalue weighted by Crippen LogP contribution is 2.21. The molecule has 0 unspecified atom stereocenters. The van der Waals surface area contributed by atoms with Gasteiger partial charge in [0.05, 0.1) is 11.3 Å². The van der Waals surface area contributed by atoms with Crippen molar-refractivity contribution in [3.63, 3.8) is 0 Å². The molecular formula is C22H19N3O4. The second kappa shape index (κ2) is 8.79. The Bertz CT molecular complexity index is 1050. The van der Waals surface area contributed by atoms with Crippen molar-refractivity contribution in [2.24, 2.45) is 0 Å². The summed E-state index contributed by atoms with van der Waals surface area (Å²) in [7, 11) is 0. The van der Waals surface area contributed by atoms with Gasteiger partial charge in [-0.05, 0) is 42.8 Å². The van der Waals surface area contributed by atoms with Crippen molar-refractivity contribution >= 4 is 28.9 Å². The minimum Gasteiger partial charge on any atom is -0.326 e. The first-order valence-corrected chi connectivity index (χ1v) is 8.92. The lowest BCUT2D eigenvalue weighted by Crippen LogP contribution is -2.15. The zero-order chi connectivity index (χ0) is 20.8. The Hall–Kier alpha value is -4.00. The van der Waals surface area contributed by atoms with Crippen LogP contribution in [0.4, 0.5) is 17.1 Å². The van der Waals surface area contributed by atoms with Crippen LogP contribution in [0.5, 0.6) is 0 Å². The number of nitro benzene ring substituents is 1.